The van der Waals surface area contributed by atoms with E-state index in [2.05, 4.69) is 10.4 Å². The lowest BCUT2D eigenvalue weighted by atomic mass is 10.0. The Bertz CT molecular complexity index is 954. The second-order valence-corrected chi connectivity index (χ2v) is 7.28. The quantitative estimate of drug-likeness (QED) is 0.742. The third-order valence-corrected chi connectivity index (χ3v) is 4.42. The summed E-state index contributed by atoms with van der Waals surface area (Å²) >= 11 is 0. The summed E-state index contributed by atoms with van der Waals surface area (Å²) in [5.41, 5.74) is 0. The number of rotatable bonds is 7. The summed E-state index contributed by atoms with van der Waals surface area (Å²) in [4.78, 5) is 26.8. The summed E-state index contributed by atoms with van der Waals surface area (Å²) in [5.74, 6) is -1.67. The Morgan fingerprint density at radius 1 is 1.38 bits per heavy atom. The zero-order chi connectivity index (χ0) is 21.1. The van der Waals surface area contributed by atoms with Crippen LogP contribution in [0, 0.1) is 11.7 Å². The highest BCUT2D eigenvalue weighted by atomic mass is 19.1. The summed E-state index contributed by atoms with van der Waals surface area (Å²) < 4.78 is 21.0. The molecule has 9 heteroatoms. The van der Waals surface area contributed by atoms with Crippen molar-refractivity contribution in [1.82, 2.24) is 14.7 Å². The number of aromatic hydroxyl groups is 1. The van der Waals surface area contributed by atoms with Gasteiger partial charge in [0.05, 0.1) is 6.54 Å². The molecule has 2 heterocycles. The van der Waals surface area contributed by atoms with Gasteiger partial charge in [-0.3, -0.25) is 14.3 Å². The molecule has 1 atom stereocenters. The van der Waals surface area contributed by atoms with Crippen LogP contribution in [-0.2, 0) is 16.6 Å². The molecule has 0 saturated carbocycles. The molecule has 0 radical (unpaired) electrons. The molecular formula is C20H23FN4O4. The smallest absolute Gasteiger partial charge is 0.251 e. The van der Waals surface area contributed by atoms with Crippen molar-refractivity contribution < 1.29 is 23.8 Å². The number of phenolic OH excluding ortho intramolecular Hbond substituents is 1. The maximum absolute atomic E-state index is 14.0. The number of phenols is 1. The molecule has 29 heavy (non-hydrogen) atoms. The van der Waals surface area contributed by atoms with Crippen LogP contribution in [0.25, 0.3) is 0 Å². The van der Waals surface area contributed by atoms with E-state index in [1.807, 2.05) is 13.8 Å². The highest BCUT2D eigenvalue weighted by Crippen LogP contribution is 2.28. The Kier molecular flexibility index (Phi) is 5.86. The van der Waals surface area contributed by atoms with Crippen molar-refractivity contribution >= 4 is 17.6 Å². The minimum atomic E-state index is -0.911. The highest BCUT2D eigenvalue weighted by Gasteiger charge is 2.35. The Hall–Kier alpha value is -3.36. The van der Waals surface area contributed by atoms with Crippen molar-refractivity contribution in [3.8, 4) is 11.5 Å². The highest BCUT2D eigenvalue weighted by molar-refractivity contribution is 5.99. The molecule has 0 aliphatic carbocycles. The first-order valence-electron chi connectivity index (χ1n) is 9.21. The maximum atomic E-state index is 14.0. The molecule has 154 valence electrons. The molecule has 0 fully saturated rings. The molecule has 3 rings (SSSR count). The minimum absolute atomic E-state index is 0.0148. The Morgan fingerprint density at radius 3 is 2.79 bits per heavy atom. The van der Waals surface area contributed by atoms with Crippen LogP contribution in [0.1, 0.15) is 20.3 Å². The standard InChI is InChI=1S/C20H23FN4O4/c1-12(2)9-14(20(28)22-17-7-8-24(3)23-17)25-11-13(10-18(25)27)29-16-6-4-5-15(26)19(16)21/h4-8,10,12,14,26H,9,11H2,1-3H3,(H,22,23,28)/t14-/m0/s1. The van der Waals surface area contributed by atoms with Gasteiger partial charge in [-0.2, -0.15) is 9.49 Å². The molecule has 8 nitrogen and oxygen atoms in total. The predicted octanol–water partition coefficient (Wildman–Crippen LogP) is 2.42. The van der Waals surface area contributed by atoms with Gasteiger partial charge in [-0.05, 0) is 24.5 Å². The van der Waals surface area contributed by atoms with Crippen LogP contribution < -0.4 is 10.1 Å². The molecule has 1 aliphatic heterocycles. The van der Waals surface area contributed by atoms with Crippen molar-refractivity contribution in [1.29, 1.82) is 0 Å². The van der Waals surface area contributed by atoms with E-state index >= 15 is 0 Å². The van der Waals surface area contributed by atoms with Gasteiger partial charge in [0, 0.05) is 25.4 Å². The van der Waals surface area contributed by atoms with E-state index < -0.39 is 23.5 Å². The number of ether oxygens (including phenoxy) is 1. The molecule has 2 amide bonds. The van der Waals surface area contributed by atoms with Gasteiger partial charge in [-0.25, -0.2) is 0 Å². The van der Waals surface area contributed by atoms with Gasteiger partial charge in [0.25, 0.3) is 5.91 Å². The number of hydrogen-bond donors (Lipinski definition) is 2. The number of hydrogen-bond acceptors (Lipinski definition) is 5. The van der Waals surface area contributed by atoms with Gasteiger partial charge in [-0.1, -0.05) is 19.9 Å². The fraction of sp³-hybridized carbons (Fsp3) is 0.350. The van der Waals surface area contributed by atoms with E-state index in [4.69, 9.17) is 4.74 Å². The van der Waals surface area contributed by atoms with Crippen molar-refractivity contribution in [2.45, 2.75) is 26.3 Å². The van der Waals surface area contributed by atoms with Gasteiger partial charge >= 0.3 is 0 Å². The molecule has 0 unspecified atom stereocenters. The fourth-order valence-corrected chi connectivity index (χ4v) is 3.07. The van der Waals surface area contributed by atoms with Gasteiger partial charge < -0.3 is 20.1 Å². The summed E-state index contributed by atoms with van der Waals surface area (Å²) in [6.07, 6.45) is 3.36. The third-order valence-electron chi connectivity index (χ3n) is 4.42. The Labute approximate surface area is 167 Å². The molecule has 0 bridgehead atoms. The van der Waals surface area contributed by atoms with Crippen molar-refractivity contribution in [3.05, 3.63) is 48.1 Å². The molecule has 1 aromatic heterocycles. The second kappa shape index (κ2) is 8.34. The Morgan fingerprint density at radius 2 is 2.14 bits per heavy atom. The van der Waals surface area contributed by atoms with Crippen LogP contribution in [-0.4, -0.2) is 44.2 Å². The summed E-state index contributed by atoms with van der Waals surface area (Å²) in [7, 11) is 1.74. The van der Waals surface area contributed by atoms with E-state index in [0.717, 1.165) is 0 Å². The number of amides is 2. The lowest BCUT2D eigenvalue weighted by molar-refractivity contribution is -0.133. The van der Waals surface area contributed by atoms with Crippen LogP contribution in [0.5, 0.6) is 11.5 Å². The maximum Gasteiger partial charge on any atom is 0.251 e. The molecule has 1 aliphatic rings. The number of aryl methyl sites for hydroxylation is 1. The van der Waals surface area contributed by atoms with Crippen LogP contribution in [0.3, 0.4) is 0 Å². The number of carbonyl (C=O) groups excluding carboxylic acids is 2. The van der Waals surface area contributed by atoms with E-state index in [0.29, 0.717) is 12.2 Å². The normalized spacial score (nSPS) is 14.9. The molecule has 1 aromatic carbocycles. The van der Waals surface area contributed by atoms with Crippen LogP contribution in [0.4, 0.5) is 10.2 Å². The lowest BCUT2D eigenvalue weighted by Gasteiger charge is -2.28. The third kappa shape index (κ3) is 4.74. The number of nitrogens with zero attached hydrogens (tertiary/aromatic N) is 3. The van der Waals surface area contributed by atoms with Gasteiger partial charge in [0.2, 0.25) is 11.7 Å². The number of halogens is 1. The molecule has 0 saturated heterocycles. The zero-order valence-corrected chi connectivity index (χ0v) is 16.4. The van der Waals surface area contributed by atoms with Crippen molar-refractivity contribution in [2.24, 2.45) is 13.0 Å². The lowest BCUT2D eigenvalue weighted by Crippen LogP contribution is -2.46. The van der Waals surface area contributed by atoms with Crippen LogP contribution >= 0.6 is 0 Å². The van der Waals surface area contributed by atoms with Gasteiger partial charge in [0.1, 0.15) is 11.8 Å². The van der Waals surface area contributed by atoms with Gasteiger partial charge in [-0.15, -0.1) is 0 Å². The van der Waals surface area contributed by atoms with Crippen LogP contribution in [0.15, 0.2) is 42.3 Å². The average molecular weight is 402 g/mol. The van der Waals surface area contributed by atoms with E-state index in [9.17, 15) is 19.1 Å². The number of carbonyl (C=O) groups is 2. The van der Waals surface area contributed by atoms with E-state index in [1.165, 1.54) is 29.2 Å². The predicted molar refractivity (Wildman–Crippen MR) is 104 cm³/mol. The summed E-state index contributed by atoms with van der Waals surface area (Å²) in [5, 5.41) is 16.3. The SMILES string of the molecule is CC(C)C[C@@H](C(=O)Nc1ccn(C)n1)N1CC(Oc2cccc(O)c2F)=CC1=O. The first-order valence-corrected chi connectivity index (χ1v) is 9.21. The largest absolute Gasteiger partial charge is 0.505 e. The summed E-state index contributed by atoms with van der Waals surface area (Å²) in [6, 6.07) is 4.90. The number of aromatic nitrogens is 2. The van der Waals surface area contributed by atoms with Crippen molar-refractivity contribution in [2.75, 3.05) is 11.9 Å². The molecule has 2 N–H and O–H groups in total. The molecule has 2 aromatic rings. The van der Waals surface area contributed by atoms with E-state index in [-0.39, 0.29) is 29.9 Å². The Balaban J connectivity index is 1.74. The fourth-order valence-electron chi connectivity index (χ4n) is 3.07. The first kappa shape index (κ1) is 20.4. The first-order chi connectivity index (χ1) is 13.7. The topological polar surface area (TPSA) is 96.7 Å². The van der Waals surface area contributed by atoms with Crippen molar-refractivity contribution in [3.63, 3.8) is 0 Å². The van der Waals surface area contributed by atoms with Crippen LogP contribution in [0.2, 0.25) is 0 Å². The average Bonchev–Trinajstić information content (AvgIpc) is 3.21. The molecule has 0 spiro atoms. The molecular weight excluding hydrogens is 379 g/mol. The minimum Gasteiger partial charge on any atom is -0.505 e. The second-order valence-electron chi connectivity index (χ2n) is 7.28. The van der Waals surface area contributed by atoms with Gasteiger partial charge in [0.15, 0.2) is 17.3 Å². The number of anilines is 1. The number of benzene rings is 1. The monoisotopic (exact) mass is 402 g/mol. The number of nitrogens with one attached hydrogen (secondary N) is 1. The van der Waals surface area contributed by atoms with E-state index in [1.54, 1.807) is 24.0 Å². The zero-order valence-electron chi connectivity index (χ0n) is 16.4. The summed E-state index contributed by atoms with van der Waals surface area (Å²) in [6.45, 7) is 3.92.